The van der Waals surface area contributed by atoms with Gasteiger partial charge in [0.15, 0.2) is 11.6 Å². The Morgan fingerprint density at radius 1 is 1.14 bits per heavy atom. The summed E-state index contributed by atoms with van der Waals surface area (Å²) in [5.74, 6) is 0.958. The molecular formula is C15H12FN5O. The second-order valence-electron chi connectivity index (χ2n) is 5.18. The molecule has 0 radical (unpaired) electrons. The number of carbonyl (C=O) groups excluding carboxylic acids is 1. The molecule has 0 bridgehead atoms. The Morgan fingerprint density at radius 3 is 2.91 bits per heavy atom. The minimum absolute atomic E-state index is 0.322. The van der Waals surface area contributed by atoms with E-state index in [1.54, 1.807) is 11.0 Å². The number of hydrogen-bond donors (Lipinski definition) is 0. The van der Waals surface area contributed by atoms with E-state index >= 15 is 0 Å². The third-order valence-electron chi connectivity index (χ3n) is 3.83. The Hall–Kier alpha value is -2.83. The van der Waals surface area contributed by atoms with Crippen LogP contribution in [0.2, 0.25) is 0 Å². The monoisotopic (exact) mass is 297 g/mol. The molecule has 1 aromatic carbocycles. The highest BCUT2D eigenvalue weighted by Crippen LogP contribution is 2.23. The van der Waals surface area contributed by atoms with Crippen molar-refractivity contribution in [3.8, 4) is 11.5 Å². The average molecular weight is 297 g/mol. The van der Waals surface area contributed by atoms with Crippen molar-refractivity contribution in [3.05, 3.63) is 42.0 Å². The summed E-state index contributed by atoms with van der Waals surface area (Å²) in [5.41, 5.74) is 0.901. The Balaban J connectivity index is 1.82. The van der Waals surface area contributed by atoms with Gasteiger partial charge in [-0.3, -0.25) is 4.79 Å². The van der Waals surface area contributed by atoms with Gasteiger partial charge in [0.1, 0.15) is 17.0 Å². The van der Waals surface area contributed by atoms with E-state index in [-0.39, 0.29) is 5.82 Å². The van der Waals surface area contributed by atoms with Crippen molar-refractivity contribution < 1.29 is 9.18 Å². The molecule has 3 aromatic rings. The lowest BCUT2D eigenvalue weighted by molar-refractivity contribution is -0.119. The lowest BCUT2D eigenvalue weighted by atomic mass is 10.2. The van der Waals surface area contributed by atoms with Gasteiger partial charge in [-0.05, 0) is 12.1 Å². The molecule has 1 aliphatic heterocycles. The molecule has 2 aromatic heterocycles. The fraction of sp³-hybridized carbons (Fsp3) is 0.200. The molecule has 0 N–H and O–H groups in total. The second-order valence-corrected chi connectivity index (χ2v) is 5.18. The highest BCUT2D eigenvalue weighted by Gasteiger charge is 2.21. The molecule has 1 amide bonds. The first kappa shape index (κ1) is 12.9. The van der Waals surface area contributed by atoms with Crippen molar-refractivity contribution in [2.45, 2.75) is 13.1 Å². The number of halogens is 1. The summed E-state index contributed by atoms with van der Waals surface area (Å²) in [6.07, 6.45) is 0.807. The number of para-hydroxylation sites is 1. The molecule has 0 saturated heterocycles. The lowest BCUT2D eigenvalue weighted by Crippen LogP contribution is -2.32. The van der Waals surface area contributed by atoms with E-state index in [4.69, 9.17) is 0 Å². The second kappa shape index (κ2) is 4.87. The molecule has 3 heterocycles. The topological polar surface area (TPSA) is 63.9 Å². The smallest absolute Gasteiger partial charge is 0.210 e. The number of hydrogen-bond acceptors (Lipinski definition) is 4. The molecule has 4 rings (SSSR count). The number of nitrogens with zero attached hydrogens (tertiary/aromatic N) is 5. The molecule has 0 spiro atoms. The molecule has 0 saturated carbocycles. The van der Waals surface area contributed by atoms with E-state index in [0.717, 1.165) is 11.8 Å². The summed E-state index contributed by atoms with van der Waals surface area (Å²) in [6.45, 7) is 1.63. The van der Waals surface area contributed by atoms with Crippen molar-refractivity contribution >= 4 is 17.3 Å². The maximum Gasteiger partial charge on any atom is 0.210 e. The largest absolute Gasteiger partial charge is 0.336 e. The molecule has 110 valence electrons. The summed E-state index contributed by atoms with van der Waals surface area (Å²) >= 11 is 0. The summed E-state index contributed by atoms with van der Waals surface area (Å²) in [7, 11) is 0. The van der Waals surface area contributed by atoms with Crippen molar-refractivity contribution in [3.63, 3.8) is 0 Å². The lowest BCUT2D eigenvalue weighted by Gasteiger charge is -2.23. The number of pyridine rings is 1. The molecule has 0 aliphatic carbocycles. The van der Waals surface area contributed by atoms with Crippen LogP contribution in [0.1, 0.15) is 5.82 Å². The maximum atomic E-state index is 13.9. The standard InChI is InChI=1S/C15H12FN5O/c16-11-3-1-2-10-4-5-12(17-14(10)11)15-19-18-13-8-20(9-22)6-7-21(13)15/h1-5,9H,6-8H2. The van der Waals surface area contributed by atoms with Gasteiger partial charge in [0, 0.05) is 18.5 Å². The van der Waals surface area contributed by atoms with Gasteiger partial charge in [-0.1, -0.05) is 18.2 Å². The van der Waals surface area contributed by atoms with Gasteiger partial charge in [-0.2, -0.15) is 0 Å². The summed E-state index contributed by atoms with van der Waals surface area (Å²) in [4.78, 5) is 16.9. The molecule has 7 heteroatoms. The van der Waals surface area contributed by atoms with Gasteiger partial charge < -0.3 is 9.47 Å². The van der Waals surface area contributed by atoms with Gasteiger partial charge in [0.25, 0.3) is 0 Å². The van der Waals surface area contributed by atoms with E-state index in [9.17, 15) is 9.18 Å². The first-order valence-electron chi connectivity index (χ1n) is 6.93. The zero-order chi connectivity index (χ0) is 15.1. The first-order valence-corrected chi connectivity index (χ1v) is 6.93. The maximum absolute atomic E-state index is 13.9. The number of amides is 1. The summed E-state index contributed by atoms with van der Waals surface area (Å²) < 4.78 is 15.8. The fourth-order valence-corrected chi connectivity index (χ4v) is 2.69. The molecular weight excluding hydrogens is 285 g/mol. The number of aromatic nitrogens is 4. The number of carbonyl (C=O) groups is 1. The quantitative estimate of drug-likeness (QED) is 0.674. The van der Waals surface area contributed by atoms with Crippen molar-refractivity contribution in [2.24, 2.45) is 0 Å². The Morgan fingerprint density at radius 2 is 2.05 bits per heavy atom. The zero-order valence-corrected chi connectivity index (χ0v) is 11.6. The number of rotatable bonds is 2. The van der Waals surface area contributed by atoms with E-state index in [2.05, 4.69) is 15.2 Å². The van der Waals surface area contributed by atoms with Gasteiger partial charge >= 0.3 is 0 Å². The van der Waals surface area contributed by atoms with Crippen LogP contribution < -0.4 is 0 Å². The van der Waals surface area contributed by atoms with Crippen molar-refractivity contribution in [1.29, 1.82) is 0 Å². The predicted molar refractivity (Wildman–Crippen MR) is 77.2 cm³/mol. The Kier molecular flexibility index (Phi) is 2.85. The predicted octanol–water partition coefficient (Wildman–Crippen LogP) is 1.60. The number of benzene rings is 1. The van der Waals surface area contributed by atoms with Crippen LogP contribution in [0, 0.1) is 5.82 Å². The molecule has 0 atom stereocenters. The molecule has 0 fully saturated rings. The third-order valence-corrected chi connectivity index (χ3v) is 3.83. The number of fused-ring (bicyclic) bond motifs is 2. The first-order chi connectivity index (χ1) is 10.8. The van der Waals surface area contributed by atoms with Crippen LogP contribution in [0.5, 0.6) is 0 Å². The van der Waals surface area contributed by atoms with Crippen LogP contribution in [-0.2, 0) is 17.9 Å². The van der Waals surface area contributed by atoms with Crippen LogP contribution in [0.15, 0.2) is 30.3 Å². The van der Waals surface area contributed by atoms with Gasteiger partial charge in [0.05, 0.1) is 6.54 Å². The zero-order valence-electron chi connectivity index (χ0n) is 11.6. The minimum atomic E-state index is -0.357. The van der Waals surface area contributed by atoms with Crippen molar-refractivity contribution in [1.82, 2.24) is 24.6 Å². The minimum Gasteiger partial charge on any atom is -0.336 e. The van der Waals surface area contributed by atoms with Crippen molar-refractivity contribution in [2.75, 3.05) is 6.54 Å². The van der Waals surface area contributed by atoms with Crippen LogP contribution in [0.3, 0.4) is 0 Å². The van der Waals surface area contributed by atoms with Gasteiger partial charge in [0.2, 0.25) is 6.41 Å². The average Bonchev–Trinajstić information content (AvgIpc) is 2.98. The van der Waals surface area contributed by atoms with E-state index in [0.29, 0.717) is 42.5 Å². The van der Waals surface area contributed by atoms with E-state index < -0.39 is 0 Å². The van der Waals surface area contributed by atoms with Crippen LogP contribution in [0.25, 0.3) is 22.4 Å². The Bertz CT molecular complexity index is 875. The molecule has 1 aliphatic rings. The summed E-state index contributed by atoms with van der Waals surface area (Å²) in [5, 5.41) is 9.02. The molecule has 22 heavy (non-hydrogen) atoms. The van der Waals surface area contributed by atoms with E-state index in [1.807, 2.05) is 22.8 Å². The Labute approximate surface area is 125 Å². The summed E-state index contributed by atoms with van der Waals surface area (Å²) in [6, 6.07) is 8.50. The third kappa shape index (κ3) is 1.93. The normalized spacial score (nSPS) is 14.1. The molecule has 0 unspecified atom stereocenters. The van der Waals surface area contributed by atoms with Gasteiger partial charge in [-0.15, -0.1) is 10.2 Å². The molecule has 6 nitrogen and oxygen atoms in total. The van der Waals surface area contributed by atoms with Crippen LogP contribution >= 0.6 is 0 Å². The fourth-order valence-electron chi connectivity index (χ4n) is 2.69. The highest BCUT2D eigenvalue weighted by molar-refractivity contribution is 5.81. The van der Waals surface area contributed by atoms with E-state index in [1.165, 1.54) is 6.07 Å². The van der Waals surface area contributed by atoms with Crippen LogP contribution in [-0.4, -0.2) is 37.6 Å². The highest BCUT2D eigenvalue weighted by atomic mass is 19.1. The van der Waals surface area contributed by atoms with Gasteiger partial charge in [-0.25, -0.2) is 9.37 Å². The SMILES string of the molecule is O=CN1CCn2c(nnc2-c2ccc3cccc(F)c3n2)C1. The van der Waals surface area contributed by atoms with Crippen LogP contribution in [0.4, 0.5) is 4.39 Å².